The van der Waals surface area contributed by atoms with Crippen LogP contribution in [0.5, 0.6) is 0 Å². The number of benzene rings is 1. The molecular formula is C24H25F3N6S. The molecule has 1 fully saturated rings. The summed E-state index contributed by atoms with van der Waals surface area (Å²) in [7, 11) is 0. The van der Waals surface area contributed by atoms with E-state index < -0.39 is 12.2 Å². The molecule has 0 bridgehead atoms. The van der Waals surface area contributed by atoms with Gasteiger partial charge in [0.25, 0.3) is 0 Å². The van der Waals surface area contributed by atoms with Crippen LogP contribution in [-0.2, 0) is 5.75 Å². The molecule has 1 aliphatic rings. The lowest BCUT2D eigenvalue weighted by atomic mass is 10.1. The average Bonchev–Trinajstić information content (AvgIpc) is 3.42. The van der Waals surface area contributed by atoms with Crippen LogP contribution < -0.4 is 5.73 Å². The van der Waals surface area contributed by atoms with E-state index in [0.29, 0.717) is 30.1 Å². The van der Waals surface area contributed by atoms with E-state index in [0.717, 1.165) is 28.0 Å². The highest BCUT2D eigenvalue weighted by molar-refractivity contribution is 7.98. The molecule has 0 amide bonds. The van der Waals surface area contributed by atoms with Crippen LogP contribution in [0.2, 0.25) is 0 Å². The number of thioether (sulfide) groups is 1. The van der Waals surface area contributed by atoms with Gasteiger partial charge in [-0.05, 0) is 35.4 Å². The first-order chi connectivity index (χ1) is 16.3. The largest absolute Gasteiger partial charge is 0.408 e. The van der Waals surface area contributed by atoms with Crippen molar-refractivity contribution in [3.05, 3.63) is 59.8 Å². The van der Waals surface area contributed by atoms with Gasteiger partial charge in [0.2, 0.25) is 0 Å². The number of hydrogen-bond donors (Lipinski definition) is 1. The van der Waals surface area contributed by atoms with E-state index in [1.807, 2.05) is 36.0 Å². The zero-order chi connectivity index (χ0) is 23.9. The van der Waals surface area contributed by atoms with Crippen LogP contribution in [0.4, 0.5) is 13.2 Å². The van der Waals surface area contributed by atoms with Gasteiger partial charge in [-0.3, -0.25) is 9.30 Å². The number of nitrogens with two attached hydrogens (primary N) is 1. The molecule has 6 nitrogen and oxygen atoms in total. The maximum Gasteiger partial charge on any atom is 0.408 e. The molecule has 1 aliphatic heterocycles. The van der Waals surface area contributed by atoms with Gasteiger partial charge < -0.3 is 5.73 Å². The normalized spacial score (nSPS) is 18.2. The van der Waals surface area contributed by atoms with Crippen LogP contribution in [0.15, 0.2) is 48.7 Å². The fraction of sp³-hybridized carbons (Fsp3) is 0.375. The zero-order valence-corrected chi connectivity index (χ0v) is 19.5. The standard InChI is InChI=1S/C24H25F3N6S/c1-2-34-14-17-5-3-4-15-6-8-19(29-21(15)17)23-31-30-20-9-7-16(12-33(20)23)22(24(25,26)27)32-11-10-18(28)13-32/h3-9,12,18,22H,2,10-11,13-14,28H2,1H3. The number of pyridine rings is 2. The third-order valence-electron chi connectivity index (χ3n) is 6.17. The first-order valence-electron chi connectivity index (χ1n) is 11.2. The highest BCUT2D eigenvalue weighted by Gasteiger charge is 2.46. The summed E-state index contributed by atoms with van der Waals surface area (Å²) in [6.07, 6.45) is -2.40. The van der Waals surface area contributed by atoms with Gasteiger partial charge in [-0.2, -0.15) is 24.9 Å². The van der Waals surface area contributed by atoms with E-state index in [4.69, 9.17) is 10.7 Å². The molecule has 178 valence electrons. The number of hydrogen-bond acceptors (Lipinski definition) is 6. The van der Waals surface area contributed by atoms with Crippen LogP contribution in [0.1, 0.15) is 30.5 Å². The number of rotatable bonds is 6. The quantitative estimate of drug-likeness (QED) is 0.421. The van der Waals surface area contributed by atoms with Crippen LogP contribution in [0.25, 0.3) is 28.1 Å². The lowest BCUT2D eigenvalue weighted by Crippen LogP contribution is -2.38. The minimum absolute atomic E-state index is 0.135. The average molecular weight is 487 g/mol. The van der Waals surface area contributed by atoms with Crippen molar-refractivity contribution in [1.82, 2.24) is 24.5 Å². The molecule has 3 aromatic heterocycles. The Hall–Kier alpha value is -2.69. The van der Waals surface area contributed by atoms with Gasteiger partial charge in [0.1, 0.15) is 11.7 Å². The Morgan fingerprint density at radius 3 is 2.74 bits per heavy atom. The Bertz CT molecular complexity index is 1320. The van der Waals surface area contributed by atoms with E-state index >= 15 is 0 Å². The Balaban J connectivity index is 1.59. The molecule has 4 aromatic rings. The summed E-state index contributed by atoms with van der Waals surface area (Å²) in [6.45, 7) is 2.63. The van der Waals surface area contributed by atoms with E-state index in [9.17, 15) is 13.2 Å². The zero-order valence-electron chi connectivity index (χ0n) is 18.7. The van der Waals surface area contributed by atoms with Crippen molar-refractivity contribution in [2.45, 2.75) is 37.4 Å². The summed E-state index contributed by atoms with van der Waals surface area (Å²) in [5, 5.41) is 9.45. The Morgan fingerprint density at radius 1 is 1.15 bits per heavy atom. The number of halogens is 3. The van der Waals surface area contributed by atoms with Gasteiger partial charge in [0, 0.05) is 36.5 Å². The van der Waals surface area contributed by atoms with Gasteiger partial charge in [-0.15, -0.1) is 10.2 Å². The molecule has 0 aliphatic carbocycles. The Morgan fingerprint density at radius 2 is 2.00 bits per heavy atom. The molecule has 1 saturated heterocycles. The van der Waals surface area contributed by atoms with Crippen molar-refractivity contribution in [2.24, 2.45) is 5.73 Å². The molecular weight excluding hydrogens is 461 g/mol. The van der Waals surface area contributed by atoms with Gasteiger partial charge in [-0.25, -0.2) is 4.98 Å². The highest BCUT2D eigenvalue weighted by atomic mass is 32.2. The minimum atomic E-state index is -4.43. The first-order valence-corrected chi connectivity index (χ1v) is 12.4. The summed E-state index contributed by atoms with van der Waals surface area (Å²) < 4.78 is 44.0. The number of likely N-dealkylation sites (tertiary alicyclic amines) is 1. The monoisotopic (exact) mass is 486 g/mol. The van der Waals surface area contributed by atoms with Crippen molar-refractivity contribution in [3.63, 3.8) is 0 Å². The number of fused-ring (bicyclic) bond motifs is 2. The van der Waals surface area contributed by atoms with Crippen molar-refractivity contribution in [1.29, 1.82) is 0 Å². The lowest BCUT2D eigenvalue weighted by Gasteiger charge is -2.30. The lowest BCUT2D eigenvalue weighted by molar-refractivity contribution is -0.183. The summed E-state index contributed by atoms with van der Waals surface area (Å²) in [5.41, 5.74) is 9.05. The van der Waals surface area contributed by atoms with E-state index in [2.05, 4.69) is 23.2 Å². The molecule has 0 saturated carbocycles. The van der Waals surface area contributed by atoms with Crippen molar-refractivity contribution in [2.75, 3.05) is 18.8 Å². The Labute approximate surface area is 199 Å². The summed E-state index contributed by atoms with van der Waals surface area (Å²) >= 11 is 1.81. The van der Waals surface area contributed by atoms with Crippen molar-refractivity contribution >= 4 is 28.3 Å². The number of aromatic nitrogens is 4. The molecule has 1 aromatic carbocycles. The maximum atomic E-state index is 14.1. The first kappa shape index (κ1) is 23.1. The fourth-order valence-electron chi connectivity index (χ4n) is 4.56. The minimum Gasteiger partial charge on any atom is -0.326 e. The molecule has 4 heterocycles. The topological polar surface area (TPSA) is 72.3 Å². The van der Waals surface area contributed by atoms with E-state index in [-0.39, 0.29) is 18.2 Å². The van der Waals surface area contributed by atoms with Crippen molar-refractivity contribution in [3.8, 4) is 11.5 Å². The molecule has 2 N–H and O–H groups in total. The second-order valence-corrected chi connectivity index (χ2v) is 9.80. The van der Waals surface area contributed by atoms with Crippen LogP contribution in [-0.4, -0.2) is 55.5 Å². The van der Waals surface area contributed by atoms with Crippen LogP contribution >= 0.6 is 11.8 Å². The van der Waals surface area contributed by atoms with Crippen LogP contribution in [0.3, 0.4) is 0 Å². The summed E-state index contributed by atoms with van der Waals surface area (Å²) in [5.74, 6) is 2.24. The van der Waals surface area contributed by atoms with Crippen LogP contribution in [0, 0.1) is 0 Å². The second kappa shape index (κ2) is 9.16. The van der Waals surface area contributed by atoms with Gasteiger partial charge >= 0.3 is 6.18 Å². The van der Waals surface area contributed by atoms with Gasteiger partial charge in [0.05, 0.1) is 5.52 Å². The predicted octanol–water partition coefficient (Wildman–Crippen LogP) is 4.83. The number of para-hydroxylation sites is 1. The van der Waals surface area contributed by atoms with Gasteiger partial charge in [0.15, 0.2) is 11.5 Å². The molecule has 10 heteroatoms. The summed E-state index contributed by atoms with van der Waals surface area (Å²) in [4.78, 5) is 6.25. The number of alkyl halides is 3. The summed E-state index contributed by atoms with van der Waals surface area (Å²) in [6, 6.07) is 10.9. The fourth-order valence-corrected chi connectivity index (χ4v) is 5.22. The van der Waals surface area contributed by atoms with Crippen molar-refractivity contribution < 1.29 is 13.2 Å². The molecule has 2 atom stereocenters. The van der Waals surface area contributed by atoms with E-state index in [1.165, 1.54) is 17.2 Å². The Kier molecular flexibility index (Phi) is 6.22. The third-order valence-corrected chi connectivity index (χ3v) is 7.09. The maximum absolute atomic E-state index is 14.1. The number of nitrogens with zero attached hydrogens (tertiary/aromatic N) is 5. The third kappa shape index (κ3) is 4.37. The van der Waals surface area contributed by atoms with Gasteiger partial charge in [-0.1, -0.05) is 37.3 Å². The molecule has 0 spiro atoms. The smallest absolute Gasteiger partial charge is 0.326 e. The highest BCUT2D eigenvalue weighted by Crippen LogP contribution is 2.39. The SMILES string of the molecule is CCSCc1cccc2ccc(-c3nnc4ccc(C(N5CCC(N)C5)C(F)(F)F)cn34)nc12. The van der Waals surface area contributed by atoms with E-state index in [1.54, 1.807) is 10.5 Å². The molecule has 0 radical (unpaired) electrons. The molecule has 5 rings (SSSR count). The molecule has 2 unspecified atom stereocenters. The second-order valence-electron chi connectivity index (χ2n) is 8.52. The predicted molar refractivity (Wildman–Crippen MR) is 129 cm³/mol. The molecule has 34 heavy (non-hydrogen) atoms.